The van der Waals surface area contributed by atoms with Crippen LogP contribution in [0.1, 0.15) is 0 Å². The van der Waals surface area contributed by atoms with Gasteiger partial charge in [0.1, 0.15) is 0 Å². The molecule has 1 nitrogen and oxygen atoms in total. The van der Waals surface area contributed by atoms with Crippen LogP contribution in [0.3, 0.4) is 0 Å². The lowest BCUT2D eigenvalue weighted by Crippen LogP contribution is -2.14. The summed E-state index contributed by atoms with van der Waals surface area (Å²) in [5.41, 5.74) is -4.69. The summed E-state index contributed by atoms with van der Waals surface area (Å²) in [7, 11) is -2.97. The highest BCUT2D eigenvalue weighted by Gasteiger charge is 2.37. The number of hydrogen-bond donors (Lipinski definition) is 0. The molecule has 6 heteroatoms. The van der Waals surface area contributed by atoms with Crippen molar-refractivity contribution in [1.29, 1.82) is 0 Å². The van der Waals surface area contributed by atoms with Gasteiger partial charge in [-0.2, -0.15) is 13.2 Å². The Hall–Kier alpha value is 0.160. The molecule has 0 spiro atoms. The Balaban J connectivity index is 4.23. The van der Waals surface area contributed by atoms with E-state index in [4.69, 9.17) is 0 Å². The SMILES string of the molecule is C=C(Br)S(=O)C(F)(F)F. The Kier molecular flexibility index (Phi) is 2.88. The van der Waals surface area contributed by atoms with E-state index in [9.17, 15) is 17.4 Å². The fourth-order valence-electron chi connectivity index (χ4n) is 0.126. The summed E-state index contributed by atoms with van der Waals surface area (Å²) in [6.07, 6.45) is 0. The molecule has 0 heterocycles. The highest BCUT2D eigenvalue weighted by Crippen LogP contribution is 2.26. The molecule has 0 aromatic rings. The lowest BCUT2D eigenvalue weighted by molar-refractivity contribution is -0.0374. The monoisotopic (exact) mass is 222 g/mol. The largest absolute Gasteiger partial charge is 0.476 e. The molecule has 0 radical (unpaired) electrons. The molecule has 0 amide bonds. The average Bonchev–Trinajstić information content (AvgIpc) is 1.62. The molecule has 0 aliphatic rings. The predicted molar refractivity (Wildman–Crippen MR) is 32.3 cm³/mol. The average molecular weight is 223 g/mol. The van der Waals surface area contributed by atoms with Crippen LogP contribution in [0.25, 0.3) is 0 Å². The smallest absolute Gasteiger partial charge is 0.245 e. The molecule has 54 valence electrons. The molecular formula is C3H2BrF3OS. The highest BCUT2D eigenvalue weighted by atomic mass is 79.9. The molecule has 1 unspecified atom stereocenters. The highest BCUT2D eigenvalue weighted by molar-refractivity contribution is 9.13. The Morgan fingerprint density at radius 2 is 1.89 bits per heavy atom. The summed E-state index contributed by atoms with van der Waals surface area (Å²) >= 11 is 2.36. The van der Waals surface area contributed by atoms with Gasteiger partial charge in [0, 0.05) is 0 Å². The normalized spacial score (nSPS) is 15.1. The summed E-state index contributed by atoms with van der Waals surface area (Å²) in [5, 5.41) is 0. The zero-order chi connectivity index (χ0) is 7.65. The third kappa shape index (κ3) is 3.00. The van der Waals surface area contributed by atoms with Crippen LogP contribution in [0.5, 0.6) is 0 Å². The minimum atomic E-state index is -4.69. The van der Waals surface area contributed by atoms with Crippen LogP contribution in [0.4, 0.5) is 13.2 Å². The van der Waals surface area contributed by atoms with Crippen molar-refractivity contribution in [2.24, 2.45) is 0 Å². The van der Waals surface area contributed by atoms with Crippen molar-refractivity contribution in [3.8, 4) is 0 Å². The van der Waals surface area contributed by atoms with E-state index in [2.05, 4.69) is 22.5 Å². The van der Waals surface area contributed by atoms with Gasteiger partial charge < -0.3 is 0 Å². The molecule has 0 aromatic carbocycles. The first kappa shape index (κ1) is 9.16. The topological polar surface area (TPSA) is 17.1 Å². The Morgan fingerprint density at radius 3 is 1.89 bits per heavy atom. The number of rotatable bonds is 1. The number of halogens is 4. The molecule has 0 aromatic heterocycles. The van der Waals surface area contributed by atoms with E-state index in [0.29, 0.717) is 0 Å². The van der Waals surface area contributed by atoms with E-state index in [0.717, 1.165) is 0 Å². The summed E-state index contributed by atoms with van der Waals surface area (Å²) in [5.74, 6) is 0. The van der Waals surface area contributed by atoms with Crippen molar-refractivity contribution in [2.75, 3.05) is 0 Å². The van der Waals surface area contributed by atoms with E-state index in [1.807, 2.05) is 0 Å². The van der Waals surface area contributed by atoms with Gasteiger partial charge in [0.2, 0.25) is 0 Å². The van der Waals surface area contributed by atoms with Gasteiger partial charge in [-0.15, -0.1) is 0 Å². The van der Waals surface area contributed by atoms with Crippen molar-refractivity contribution in [2.45, 2.75) is 5.51 Å². The van der Waals surface area contributed by atoms with Gasteiger partial charge >= 0.3 is 5.51 Å². The second kappa shape index (κ2) is 2.83. The minimum Gasteiger partial charge on any atom is -0.245 e. The summed E-state index contributed by atoms with van der Waals surface area (Å²) in [4.78, 5) is 0. The van der Waals surface area contributed by atoms with E-state index in [1.165, 1.54) is 0 Å². The van der Waals surface area contributed by atoms with Gasteiger partial charge in [-0.1, -0.05) is 6.58 Å². The molecule has 0 aliphatic carbocycles. The van der Waals surface area contributed by atoms with E-state index in [1.54, 1.807) is 0 Å². The molecule has 0 saturated heterocycles. The first-order valence-corrected chi connectivity index (χ1v) is 3.63. The minimum absolute atomic E-state index is 0.560. The molecule has 0 rings (SSSR count). The molecule has 0 N–H and O–H groups in total. The summed E-state index contributed by atoms with van der Waals surface area (Å²) in [6.45, 7) is 2.82. The summed E-state index contributed by atoms with van der Waals surface area (Å²) < 4.78 is 43.4. The molecule has 9 heavy (non-hydrogen) atoms. The molecule has 0 saturated carbocycles. The quantitative estimate of drug-likeness (QED) is 0.665. The standard InChI is InChI=1S/C3H2BrF3OS/c1-2(4)9(8)3(5,6)7/h1H2. The number of hydrogen-bond acceptors (Lipinski definition) is 1. The van der Waals surface area contributed by atoms with Crippen LogP contribution in [0.2, 0.25) is 0 Å². The molecule has 0 fully saturated rings. The van der Waals surface area contributed by atoms with Crippen molar-refractivity contribution < 1.29 is 17.4 Å². The summed E-state index contributed by atoms with van der Waals surface area (Å²) in [6, 6.07) is 0. The first-order valence-electron chi connectivity index (χ1n) is 1.68. The fraction of sp³-hybridized carbons (Fsp3) is 0.333. The van der Waals surface area contributed by atoms with Crippen LogP contribution in [0.15, 0.2) is 10.4 Å². The maximum atomic E-state index is 11.3. The molecular weight excluding hydrogens is 221 g/mol. The predicted octanol–water partition coefficient (Wildman–Crippen LogP) is 2.12. The Bertz CT molecular complexity index is 152. The van der Waals surface area contributed by atoms with Crippen LogP contribution >= 0.6 is 15.9 Å². The molecule has 1 atom stereocenters. The third-order valence-electron chi connectivity index (χ3n) is 0.411. The molecule has 0 aliphatic heterocycles. The maximum absolute atomic E-state index is 11.3. The fourth-order valence-corrected chi connectivity index (χ4v) is 0.927. The van der Waals surface area contributed by atoms with Crippen LogP contribution in [0, 0.1) is 0 Å². The second-order valence-corrected chi connectivity index (χ2v) is 4.04. The zero-order valence-corrected chi connectivity index (χ0v) is 6.44. The van der Waals surface area contributed by atoms with Gasteiger partial charge in [-0.3, -0.25) is 0 Å². The first-order chi connectivity index (χ1) is 3.85. The van der Waals surface area contributed by atoms with Crippen molar-refractivity contribution in [3.63, 3.8) is 0 Å². The third-order valence-corrected chi connectivity index (χ3v) is 2.12. The van der Waals surface area contributed by atoms with E-state index < -0.39 is 20.1 Å². The van der Waals surface area contributed by atoms with E-state index in [-0.39, 0.29) is 0 Å². The van der Waals surface area contributed by atoms with Gasteiger partial charge in [0.15, 0.2) is 10.8 Å². The van der Waals surface area contributed by atoms with Crippen LogP contribution in [-0.2, 0) is 10.8 Å². The van der Waals surface area contributed by atoms with Crippen LogP contribution in [-0.4, -0.2) is 9.72 Å². The Labute approximate surface area is 60.5 Å². The lowest BCUT2D eigenvalue weighted by Gasteiger charge is -2.01. The molecule has 0 bridgehead atoms. The van der Waals surface area contributed by atoms with Gasteiger partial charge in [0.25, 0.3) is 0 Å². The van der Waals surface area contributed by atoms with Crippen molar-refractivity contribution in [3.05, 3.63) is 10.4 Å². The van der Waals surface area contributed by atoms with Crippen molar-refractivity contribution >= 4 is 26.7 Å². The van der Waals surface area contributed by atoms with Crippen molar-refractivity contribution in [1.82, 2.24) is 0 Å². The maximum Gasteiger partial charge on any atom is 0.476 e. The van der Waals surface area contributed by atoms with Gasteiger partial charge in [-0.05, 0) is 15.9 Å². The van der Waals surface area contributed by atoms with Gasteiger partial charge in [0.05, 0.1) is 3.81 Å². The second-order valence-electron chi connectivity index (χ2n) is 1.07. The zero-order valence-electron chi connectivity index (χ0n) is 4.04. The van der Waals surface area contributed by atoms with Crippen LogP contribution < -0.4 is 0 Å². The Morgan fingerprint density at radius 1 is 1.56 bits per heavy atom. The van der Waals surface area contributed by atoms with E-state index >= 15 is 0 Å². The van der Waals surface area contributed by atoms with Gasteiger partial charge in [-0.25, -0.2) is 4.21 Å². The lowest BCUT2D eigenvalue weighted by atomic mass is 11.3. The number of alkyl halides is 3.